The van der Waals surface area contributed by atoms with E-state index in [1.165, 1.54) is 44.1 Å². The SMILES string of the molecule is O=S(=O)(O)c1c(F)c(F)c(OS(=O)(=O)c2c(C3CC4CC3C3CCCC43)cc(C3CC4CC3C3CCCC43)cc2C2CC3CC2C2CCCC32)c(F)c1F. The van der Waals surface area contributed by atoms with Crippen LogP contribution >= 0.6 is 0 Å². The zero-order valence-corrected chi connectivity index (χ0v) is 31.9. The van der Waals surface area contributed by atoms with Gasteiger partial charge in [0.05, 0.1) is 0 Å². The fraction of sp³-hybridized carbons (Fsp3) is 0.714. The lowest BCUT2D eigenvalue weighted by molar-refractivity contribution is 0.223. The molecule has 9 saturated carbocycles. The van der Waals surface area contributed by atoms with E-state index in [-0.39, 0.29) is 28.6 Å². The third kappa shape index (κ3) is 4.83. The number of hydrogen-bond donors (Lipinski definition) is 1. The first-order valence-electron chi connectivity index (χ1n) is 20.8. The summed E-state index contributed by atoms with van der Waals surface area (Å²) in [6, 6.07) is 4.20. The smallest absolute Gasteiger partial charge is 0.339 e. The molecule has 0 saturated heterocycles. The van der Waals surface area contributed by atoms with Gasteiger partial charge in [-0.25, -0.2) is 8.78 Å². The fourth-order valence-corrected chi connectivity index (χ4v) is 18.2. The predicted octanol–water partition coefficient (Wildman–Crippen LogP) is 9.88. The quantitative estimate of drug-likeness (QED) is 0.130. The van der Waals surface area contributed by atoms with Crippen molar-refractivity contribution in [3.63, 3.8) is 0 Å². The summed E-state index contributed by atoms with van der Waals surface area (Å²) in [5, 5.41) is 0. The van der Waals surface area contributed by atoms with Crippen LogP contribution in [0.3, 0.4) is 0 Å². The van der Waals surface area contributed by atoms with Gasteiger partial charge >= 0.3 is 20.2 Å². The Kier molecular flexibility index (Phi) is 7.74. The molecule has 9 fully saturated rings. The van der Waals surface area contributed by atoms with Gasteiger partial charge in [-0.1, -0.05) is 31.4 Å². The van der Waals surface area contributed by atoms with Gasteiger partial charge in [0.1, 0.15) is 4.90 Å². The molecule has 0 spiro atoms. The van der Waals surface area contributed by atoms with Crippen LogP contribution in [0.1, 0.15) is 131 Å². The molecule has 6 nitrogen and oxygen atoms in total. The number of halogens is 4. The zero-order valence-electron chi connectivity index (χ0n) is 30.2. The Morgan fingerprint density at radius 3 is 1.31 bits per heavy atom. The van der Waals surface area contributed by atoms with E-state index < -0.39 is 54.2 Å². The summed E-state index contributed by atoms with van der Waals surface area (Å²) in [6.07, 6.45) is 16.7. The summed E-state index contributed by atoms with van der Waals surface area (Å²) in [5.74, 6) is -4.84. The van der Waals surface area contributed by atoms with Crippen molar-refractivity contribution in [2.45, 2.75) is 124 Å². The Morgan fingerprint density at radius 1 is 0.500 bits per heavy atom. The minimum Gasteiger partial charge on any atom is -0.372 e. The van der Waals surface area contributed by atoms with Gasteiger partial charge in [-0.05, 0) is 183 Å². The third-order valence-corrected chi connectivity index (χ3v) is 19.8. The second kappa shape index (κ2) is 11.9. The molecule has 9 aliphatic rings. The van der Waals surface area contributed by atoms with Crippen LogP contribution in [0.5, 0.6) is 5.75 Å². The molecule has 15 atom stereocenters. The highest BCUT2D eigenvalue weighted by atomic mass is 32.2. The van der Waals surface area contributed by atoms with Crippen LogP contribution in [-0.2, 0) is 20.2 Å². The first kappa shape index (κ1) is 35.0. The van der Waals surface area contributed by atoms with Gasteiger partial charge < -0.3 is 4.18 Å². The van der Waals surface area contributed by atoms with Crippen LogP contribution in [-0.4, -0.2) is 21.4 Å². The monoisotopic (exact) mass is 788 g/mol. The summed E-state index contributed by atoms with van der Waals surface area (Å²) in [5.41, 5.74) is 2.47. The lowest BCUT2D eigenvalue weighted by atomic mass is 9.68. The molecular weight excluding hydrogens is 741 g/mol. The van der Waals surface area contributed by atoms with Gasteiger partial charge in [0.15, 0.2) is 16.5 Å². The Balaban J connectivity index is 1.10. The molecule has 2 aromatic carbocycles. The van der Waals surface area contributed by atoms with Crippen LogP contribution in [0.25, 0.3) is 0 Å². The van der Waals surface area contributed by atoms with Gasteiger partial charge in [-0.3, -0.25) is 4.55 Å². The van der Waals surface area contributed by atoms with E-state index in [1.54, 1.807) is 0 Å². The maximum absolute atomic E-state index is 15.5. The minimum atomic E-state index is -5.74. The molecule has 9 aliphatic carbocycles. The van der Waals surface area contributed by atoms with Crippen LogP contribution in [0, 0.1) is 94.3 Å². The van der Waals surface area contributed by atoms with E-state index in [1.807, 2.05) is 0 Å². The average molecular weight is 789 g/mol. The van der Waals surface area contributed by atoms with E-state index >= 15 is 17.6 Å². The molecule has 11 rings (SSSR count). The first-order valence-corrected chi connectivity index (χ1v) is 23.6. The first-order chi connectivity index (χ1) is 25.8. The molecule has 0 heterocycles. The van der Waals surface area contributed by atoms with Crippen molar-refractivity contribution in [3.05, 3.63) is 52.1 Å². The van der Waals surface area contributed by atoms with Crippen LogP contribution in [0.2, 0.25) is 0 Å². The van der Waals surface area contributed by atoms with E-state index in [2.05, 4.69) is 12.1 Å². The van der Waals surface area contributed by atoms with Crippen LogP contribution in [0.15, 0.2) is 21.9 Å². The largest absolute Gasteiger partial charge is 0.372 e. The predicted molar refractivity (Wildman–Crippen MR) is 190 cm³/mol. The van der Waals surface area contributed by atoms with Crippen molar-refractivity contribution >= 4 is 20.2 Å². The molecule has 0 radical (unpaired) electrons. The third-order valence-electron chi connectivity index (χ3n) is 17.6. The molecule has 2 aromatic rings. The number of rotatable bonds is 7. The summed E-state index contributed by atoms with van der Waals surface area (Å²) in [4.78, 5) is -2.32. The van der Waals surface area contributed by atoms with Crippen molar-refractivity contribution in [1.29, 1.82) is 0 Å². The zero-order chi connectivity index (χ0) is 37.2. The Labute approximate surface area is 315 Å². The highest BCUT2D eigenvalue weighted by Gasteiger charge is 2.59. The highest BCUT2D eigenvalue weighted by molar-refractivity contribution is 7.87. The van der Waals surface area contributed by atoms with E-state index in [0.29, 0.717) is 70.3 Å². The molecular formula is C42H48F4O6S2. The van der Waals surface area contributed by atoms with Gasteiger partial charge in [0, 0.05) is 0 Å². The maximum atomic E-state index is 15.5. The molecule has 0 aliphatic heterocycles. The second-order valence-corrected chi connectivity index (χ2v) is 22.1. The Morgan fingerprint density at radius 2 is 0.889 bits per heavy atom. The summed E-state index contributed by atoms with van der Waals surface area (Å²) >= 11 is 0. The van der Waals surface area contributed by atoms with Crippen LogP contribution in [0.4, 0.5) is 17.6 Å². The average Bonchev–Trinajstić information content (AvgIpc) is 3.98. The van der Waals surface area contributed by atoms with Gasteiger partial charge in [0.2, 0.25) is 17.4 Å². The lowest BCUT2D eigenvalue weighted by Gasteiger charge is -2.38. The van der Waals surface area contributed by atoms with E-state index in [9.17, 15) is 21.4 Å². The fourth-order valence-electron chi connectivity index (χ4n) is 16.1. The Bertz CT molecular complexity index is 2080. The molecule has 1 N–H and O–H groups in total. The van der Waals surface area contributed by atoms with Crippen molar-refractivity contribution in [2.75, 3.05) is 0 Å². The van der Waals surface area contributed by atoms with Crippen LogP contribution < -0.4 is 4.18 Å². The standard InChI is InChI=1S/C42H48F4O6S2/c43-36-38(45)42(53(47,48)49)39(46)37(44)40(36)52-54(50,51)41-34(32-14-19-12-30(32)26-8-2-5-23(19)26)16-21(28-10-18-11-29(28)25-7-1-4-22(18)25)17-35(41)33-15-20-13-31(33)27-9-3-6-24(20)27/h16-20,22-33H,1-15H2,(H,47,48,49). The molecule has 6 bridgehead atoms. The van der Waals surface area contributed by atoms with Crippen molar-refractivity contribution in [1.82, 2.24) is 0 Å². The van der Waals surface area contributed by atoms with Crippen molar-refractivity contribution < 1.29 is 43.1 Å². The summed E-state index contributed by atoms with van der Waals surface area (Å²) < 4.78 is 129. The Hall–Kier alpha value is -2.18. The normalized spacial score (nSPS) is 42.6. The molecule has 292 valence electrons. The number of fused-ring (bicyclic) bond motifs is 15. The topological polar surface area (TPSA) is 97.7 Å². The molecule has 15 unspecified atom stereocenters. The van der Waals surface area contributed by atoms with Crippen molar-refractivity contribution in [3.8, 4) is 5.75 Å². The second-order valence-electron chi connectivity index (χ2n) is 19.2. The lowest BCUT2D eigenvalue weighted by Crippen LogP contribution is -2.29. The van der Waals surface area contributed by atoms with Gasteiger partial charge in [-0.2, -0.15) is 25.6 Å². The molecule has 0 aromatic heterocycles. The van der Waals surface area contributed by atoms with Crippen molar-refractivity contribution in [2.24, 2.45) is 71.0 Å². The number of hydrogen-bond acceptors (Lipinski definition) is 5. The number of benzene rings is 2. The van der Waals surface area contributed by atoms with Gasteiger partial charge in [0.25, 0.3) is 0 Å². The molecule has 54 heavy (non-hydrogen) atoms. The summed E-state index contributed by atoms with van der Waals surface area (Å²) in [6.45, 7) is 0. The van der Waals surface area contributed by atoms with E-state index in [0.717, 1.165) is 63.7 Å². The highest BCUT2D eigenvalue weighted by Crippen LogP contribution is 2.68. The van der Waals surface area contributed by atoms with Gasteiger partial charge in [-0.15, -0.1) is 0 Å². The molecule has 12 heteroatoms. The minimum absolute atomic E-state index is 0.0918. The maximum Gasteiger partial charge on any atom is 0.339 e. The van der Waals surface area contributed by atoms with E-state index in [4.69, 9.17) is 4.18 Å². The molecule has 0 amide bonds. The summed E-state index contributed by atoms with van der Waals surface area (Å²) in [7, 11) is -10.9.